The van der Waals surface area contributed by atoms with Crippen molar-refractivity contribution in [3.8, 4) is 10.7 Å². The van der Waals surface area contributed by atoms with Gasteiger partial charge in [0.25, 0.3) is 0 Å². The minimum atomic E-state index is -0.818. The van der Waals surface area contributed by atoms with Gasteiger partial charge in [0.1, 0.15) is 0 Å². The van der Waals surface area contributed by atoms with Gasteiger partial charge in [-0.3, -0.25) is 9.69 Å². The molecule has 110 valence electrons. The van der Waals surface area contributed by atoms with Crippen molar-refractivity contribution < 1.29 is 14.4 Å². The summed E-state index contributed by atoms with van der Waals surface area (Å²) >= 11 is 4.90. The van der Waals surface area contributed by atoms with Crippen molar-refractivity contribution in [2.75, 3.05) is 13.6 Å². The molecule has 2 rings (SSSR count). The Morgan fingerprint density at radius 2 is 2.35 bits per heavy atom. The van der Waals surface area contributed by atoms with Crippen molar-refractivity contribution in [1.29, 1.82) is 0 Å². The number of aromatic nitrogens is 2. The number of carboxylic acids is 1. The number of thiophene rings is 1. The van der Waals surface area contributed by atoms with Gasteiger partial charge in [0, 0.05) is 16.4 Å². The topological polar surface area (TPSA) is 79.5 Å². The number of hydrogen-bond donors (Lipinski definition) is 1. The van der Waals surface area contributed by atoms with Gasteiger partial charge in [-0.25, -0.2) is 0 Å². The molecule has 9 heteroatoms. The van der Waals surface area contributed by atoms with E-state index in [1.54, 1.807) is 0 Å². The summed E-state index contributed by atoms with van der Waals surface area (Å²) in [5.74, 6) is 0.214. The number of hydrogen-bond acceptors (Lipinski definition) is 6. The van der Waals surface area contributed by atoms with Gasteiger partial charge in [0.05, 0.1) is 17.8 Å². The summed E-state index contributed by atoms with van der Waals surface area (Å²) in [5.41, 5.74) is 0. The summed E-state index contributed by atoms with van der Waals surface area (Å²) in [5, 5.41) is 14.5. The lowest BCUT2D eigenvalue weighted by Crippen LogP contribution is -2.21. The maximum atomic E-state index is 10.5. The Bertz CT molecular complexity index is 575. The Labute approximate surface area is 134 Å². The van der Waals surface area contributed by atoms with E-state index in [4.69, 9.17) is 9.63 Å². The average Bonchev–Trinajstić information content (AvgIpc) is 2.95. The zero-order chi connectivity index (χ0) is 13.8. The summed E-state index contributed by atoms with van der Waals surface area (Å²) in [6, 6.07) is 1.92. The highest BCUT2D eigenvalue weighted by molar-refractivity contribution is 9.10. The van der Waals surface area contributed by atoms with Crippen LogP contribution in [0.1, 0.15) is 12.3 Å². The summed E-state index contributed by atoms with van der Waals surface area (Å²) in [6.45, 7) is 0.879. The van der Waals surface area contributed by atoms with Crippen LogP contribution in [0.2, 0.25) is 0 Å². The van der Waals surface area contributed by atoms with Crippen molar-refractivity contribution in [3.63, 3.8) is 0 Å². The highest BCUT2D eigenvalue weighted by atomic mass is 79.9. The molecule has 2 aromatic rings. The van der Waals surface area contributed by atoms with Gasteiger partial charge >= 0.3 is 5.97 Å². The third-order valence-corrected chi connectivity index (χ3v) is 4.06. The van der Waals surface area contributed by atoms with Gasteiger partial charge in [0.15, 0.2) is 0 Å². The first kappa shape index (κ1) is 17.1. The maximum Gasteiger partial charge on any atom is 0.304 e. The Hall–Kier alpha value is -0.960. The lowest BCUT2D eigenvalue weighted by Gasteiger charge is -2.11. The molecule has 0 unspecified atom stereocenters. The first-order valence-corrected chi connectivity index (χ1v) is 7.19. The van der Waals surface area contributed by atoms with Crippen LogP contribution in [0.15, 0.2) is 20.4 Å². The van der Waals surface area contributed by atoms with Crippen LogP contribution in [0.5, 0.6) is 0 Å². The molecule has 0 amide bonds. The van der Waals surface area contributed by atoms with Gasteiger partial charge < -0.3 is 9.63 Å². The van der Waals surface area contributed by atoms with E-state index in [2.05, 4.69) is 26.1 Å². The summed E-state index contributed by atoms with van der Waals surface area (Å²) in [4.78, 5) is 17.5. The van der Waals surface area contributed by atoms with Crippen LogP contribution < -0.4 is 0 Å². The third kappa shape index (κ3) is 4.86. The van der Waals surface area contributed by atoms with Crippen molar-refractivity contribution in [2.24, 2.45) is 0 Å². The fraction of sp³-hybridized carbons (Fsp3) is 0.364. The predicted octanol–water partition coefficient (Wildman–Crippen LogP) is 2.89. The van der Waals surface area contributed by atoms with Gasteiger partial charge in [-0.05, 0) is 29.0 Å². The van der Waals surface area contributed by atoms with E-state index < -0.39 is 5.97 Å². The SMILES string of the molecule is CN(CCC(=O)O)Cc1nc(-c2cc(Br)cs2)no1.Cl. The number of nitrogens with zero attached hydrogens (tertiary/aromatic N) is 3. The van der Waals surface area contributed by atoms with Crippen molar-refractivity contribution in [1.82, 2.24) is 15.0 Å². The Morgan fingerprint density at radius 1 is 1.60 bits per heavy atom. The van der Waals surface area contributed by atoms with E-state index in [0.29, 0.717) is 24.8 Å². The monoisotopic (exact) mass is 381 g/mol. The molecule has 0 aliphatic rings. The lowest BCUT2D eigenvalue weighted by molar-refractivity contribution is -0.137. The molecule has 0 aliphatic carbocycles. The van der Waals surface area contributed by atoms with Crippen LogP contribution in [0.3, 0.4) is 0 Å². The molecule has 6 nitrogen and oxygen atoms in total. The highest BCUT2D eigenvalue weighted by Gasteiger charge is 2.12. The second-order valence-electron chi connectivity index (χ2n) is 4.02. The smallest absolute Gasteiger partial charge is 0.304 e. The quantitative estimate of drug-likeness (QED) is 0.827. The average molecular weight is 383 g/mol. The number of aliphatic carboxylic acids is 1. The molecule has 0 saturated heterocycles. The minimum Gasteiger partial charge on any atom is -0.481 e. The first-order valence-electron chi connectivity index (χ1n) is 5.52. The van der Waals surface area contributed by atoms with Crippen molar-refractivity contribution in [2.45, 2.75) is 13.0 Å². The van der Waals surface area contributed by atoms with Gasteiger partial charge in [-0.2, -0.15) is 4.98 Å². The molecular formula is C11H13BrClN3O3S. The van der Waals surface area contributed by atoms with E-state index in [0.717, 1.165) is 9.35 Å². The van der Waals surface area contributed by atoms with Gasteiger partial charge in [-0.15, -0.1) is 23.7 Å². The molecule has 0 saturated carbocycles. The second-order valence-corrected chi connectivity index (χ2v) is 5.85. The van der Waals surface area contributed by atoms with E-state index in [-0.39, 0.29) is 18.8 Å². The minimum absolute atomic E-state index is 0. The molecule has 0 radical (unpaired) electrons. The highest BCUT2D eigenvalue weighted by Crippen LogP contribution is 2.27. The molecule has 20 heavy (non-hydrogen) atoms. The van der Waals surface area contributed by atoms with Crippen molar-refractivity contribution in [3.05, 3.63) is 21.8 Å². The fourth-order valence-electron chi connectivity index (χ4n) is 1.45. The van der Waals surface area contributed by atoms with E-state index in [1.165, 1.54) is 11.3 Å². The maximum absolute atomic E-state index is 10.5. The largest absolute Gasteiger partial charge is 0.481 e. The summed E-state index contributed by atoms with van der Waals surface area (Å²) in [6.07, 6.45) is 0.0926. The normalized spacial score (nSPS) is 10.6. The van der Waals surface area contributed by atoms with Crippen LogP contribution in [-0.2, 0) is 11.3 Å². The van der Waals surface area contributed by atoms with E-state index in [9.17, 15) is 4.79 Å². The van der Waals surface area contributed by atoms with Crippen LogP contribution >= 0.6 is 39.7 Å². The number of carbonyl (C=O) groups is 1. The second kappa shape index (κ2) is 7.72. The molecule has 0 fully saturated rings. The molecule has 0 bridgehead atoms. The number of halogens is 2. The molecule has 2 aromatic heterocycles. The number of carboxylic acid groups (broad SMARTS) is 1. The van der Waals surface area contributed by atoms with Crippen LogP contribution in [-0.4, -0.2) is 39.7 Å². The lowest BCUT2D eigenvalue weighted by atomic mass is 10.4. The molecule has 1 N–H and O–H groups in total. The molecule has 0 aromatic carbocycles. The molecule has 0 spiro atoms. The Kier molecular flexibility index (Phi) is 6.60. The van der Waals surface area contributed by atoms with Crippen molar-refractivity contribution >= 4 is 45.6 Å². The zero-order valence-corrected chi connectivity index (χ0v) is 13.8. The predicted molar refractivity (Wildman–Crippen MR) is 81.1 cm³/mol. The van der Waals surface area contributed by atoms with E-state index in [1.807, 2.05) is 23.4 Å². The number of rotatable bonds is 6. The molecule has 2 heterocycles. The first-order chi connectivity index (χ1) is 9.04. The standard InChI is InChI=1S/C11H12BrN3O3S.ClH/c1-15(3-2-10(16)17)5-9-13-11(14-18-9)8-4-7(12)6-19-8;/h4,6H,2-3,5H2,1H3,(H,16,17);1H. The Balaban J connectivity index is 0.00000200. The van der Waals surface area contributed by atoms with Crippen LogP contribution in [0, 0.1) is 0 Å². The van der Waals surface area contributed by atoms with Gasteiger partial charge in [-0.1, -0.05) is 5.16 Å². The fourth-order valence-corrected chi connectivity index (χ4v) is 2.80. The van der Waals surface area contributed by atoms with Gasteiger partial charge in [0.2, 0.25) is 11.7 Å². The third-order valence-electron chi connectivity index (χ3n) is 2.37. The van der Waals surface area contributed by atoms with Crippen LogP contribution in [0.25, 0.3) is 10.7 Å². The molecule has 0 aliphatic heterocycles. The zero-order valence-electron chi connectivity index (χ0n) is 10.6. The van der Waals surface area contributed by atoms with Crippen LogP contribution in [0.4, 0.5) is 0 Å². The summed E-state index contributed by atoms with van der Waals surface area (Å²) < 4.78 is 6.13. The molecule has 0 atom stereocenters. The molecular weight excluding hydrogens is 370 g/mol. The summed E-state index contributed by atoms with van der Waals surface area (Å²) in [7, 11) is 1.81. The Morgan fingerprint density at radius 3 is 2.95 bits per heavy atom. The van der Waals surface area contributed by atoms with E-state index >= 15 is 0 Å².